The molecule has 0 aromatic heterocycles. The third-order valence-corrected chi connectivity index (χ3v) is 2.47. The van der Waals surface area contributed by atoms with Crippen LogP contribution in [-0.4, -0.2) is 28.7 Å². The first-order valence-electron chi connectivity index (χ1n) is 3.95. The fourth-order valence-corrected chi connectivity index (χ4v) is 1.53. The van der Waals surface area contributed by atoms with Crippen LogP contribution in [0.4, 0.5) is 0 Å². The largest absolute Gasteiger partial charge is 0.290 e. The molecule has 0 N–H and O–H groups in total. The van der Waals surface area contributed by atoms with E-state index in [2.05, 4.69) is 4.99 Å². The number of allylic oxidation sites excluding steroid dienone is 3. The van der Waals surface area contributed by atoms with Crippen LogP contribution >= 0.6 is 12.2 Å². The summed E-state index contributed by atoms with van der Waals surface area (Å²) >= 11 is 4.93. The van der Waals surface area contributed by atoms with Crippen LogP contribution in [0, 0.1) is 5.92 Å². The summed E-state index contributed by atoms with van der Waals surface area (Å²) in [7, 11) is 1.65. The lowest BCUT2D eigenvalue weighted by Gasteiger charge is -2.26. The normalized spacial score (nSPS) is 26.1. The quantitative estimate of drug-likeness (QED) is 0.535. The smallest absolute Gasteiger partial charge is 0.241 e. The molecule has 0 bridgehead atoms. The highest BCUT2D eigenvalue weighted by atomic mass is 32.1. The summed E-state index contributed by atoms with van der Waals surface area (Å²) in [5, 5.41) is 0.344. The SMILES string of the molecule is CN1C(=O)C2C=CC=CC2=NC1=S. The zero-order chi connectivity index (χ0) is 9.42. The van der Waals surface area contributed by atoms with Gasteiger partial charge in [-0.05, 0) is 18.3 Å². The maximum Gasteiger partial charge on any atom is 0.241 e. The molecule has 2 aliphatic rings. The summed E-state index contributed by atoms with van der Waals surface area (Å²) in [6.07, 6.45) is 7.36. The Kier molecular flexibility index (Phi) is 1.84. The van der Waals surface area contributed by atoms with Crippen LogP contribution in [0.5, 0.6) is 0 Å². The molecule has 1 heterocycles. The molecule has 1 unspecified atom stereocenters. The Balaban J connectivity index is 2.46. The van der Waals surface area contributed by atoms with Crippen molar-refractivity contribution in [3.05, 3.63) is 24.3 Å². The van der Waals surface area contributed by atoms with Crippen LogP contribution in [-0.2, 0) is 4.79 Å². The Bertz CT molecular complexity index is 368. The summed E-state index contributed by atoms with van der Waals surface area (Å²) < 4.78 is 0. The average Bonchev–Trinajstić information content (AvgIpc) is 2.15. The minimum atomic E-state index is -0.235. The van der Waals surface area contributed by atoms with Gasteiger partial charge in [0.25, 0.3) is 0 Å². The molecule has 4 heteroatoms. The van der Waals surface area contributed by atoms with Crippen molar-refractivity contribution in [2.24, 2.45) is 10.9 Å². The van der Waals surface area contributed by atoms with Crippen molar-refractivity contribution in [3.8, 4) is 0 Å². The Labute approximate surface area is 81.4 Å². The molecule has 0 aromatic rings. The lowest BCUT2D eigenvalue weighted by Crippen LogP contribution is -2.43. The summed E-state index contributed by atoms with van der Waals surface area (Å²) in [6, 6.07) is 0. The van der Waals surface area contributed by atoms with Gasteiger partial charge in [-0.25, -0.2) is 4.99 Å². The van der Waals surface area contributed by atoms with Crippen LogP contribution < -0.4 is 0 Å². The molecule has 0 radical (unpaired) electrons. The molecule has 1 amide bonds. The summed E-state index contributed by atoms with van der Waals surface area (Å²) in [4.78, 5) is 17.2. The van der Waals surface area contributed by atoms with Gasteiger partial charge in [0.2, 0.25) is 11.0 Å². The van der Waals surface area contributed by atoms with E-state index >= 15 is 0 Å². The molecule has 13 heavy (non-hydrogen) atoms. The number of carbonyl (C=O) groups excluding carboxylic acids is 1. The van der Waals surface area contributed by atoms with Crippen LogP contribution in [0.2, 0.25) is 0 Å². The predicted molar refractivity (Wildman–Crippen MR) is 54.6 cm³/mol. The first-order chi connectivity index (χ1) is 6.20. The van der Waals surface area contributed by atoms with Crippen molar-refractivity contribution >= 4 is 28.9 Å². The minimum absolute atomic E-state index is 0.00407. The number of fused-ring (bicyclic) bond motifs is 1. The number of hydrogen-bond acceptors (Lipinski definition) is 2. The van der Waals surface area contributed by atoms with Gasteiger partial charge in [0.05, 0.1) is 11.6 Å². The standard InChI is InChI=1S/C9H8N2OS/c1-11-8(12)6-4-2-3-5-7(6)10-9(11)13/h2-6H,1H3. The second-order valence-corrected chi connectivity index (χ2v) is 3.30. The summed E-state index contributed by atoms with van der Waals surface area (Å²) in [6.45, 7) is 0. The zero-order valence-electron chi connectivity index (χ0n) is 7.10. The van der Waals surface area contributed by atoms with E-state index in [-0.39, 0.29) is 11.8 Å². The number of thiocarbonyl (C=S) groups is 1. The third-order valence-electron chi connectivity index (χ3n) is 2.11. The molecule has 0 aromatic carbocycles. The third kappa shape index (κ3) is 1.23. The number of carbonyl (C=O) groups is 1. The van der Waals surface area contributed by atoms with Crippen LogP contribution in [0.15, 0.2) is 29.3 Å². The molecule has 1 aliphatic carbocycles. The van der Waals surface area contributed by atoms with Gasteiger partial charge in [0.1, 0.15) is 0 Å². The lowest BCUT2D eigenvalue weighted by atomic mass is 9.96. The molecule has 2 rings (SSSR count). The summed E-state index contributed by atoms with van der Waals surface area (Å²) in [5.74, 6) is -0.239. The highest BCUT2D eigenvalue weighted by molar-refractivity contribution is 7.80. The molecular formula is C9H8N2OS. The Morgan fingerprint density at radius 3 is 3.08 bits per heavy atom. The van der Waals surface area contributed by atoms with Crippen molar-refractivity contribution in [2.75, 3.05) is 7.05 Å². The van der Waals surface area contributed by atoms with Crippen LogP contribution in [0.25, 0.3) is 0 Å². The molecule has 0 fully saturated rings. The van der Waals surface area contributed by atoms with E-state index in [1.165, 1.54) is 4.90 Å². The second-order valence-electron chi connectivity index (χ2n) is 2.94. The molecule has 3 nitrogen and oxygen atoms in total. The molecule has 0 saturated carbocycles. The van der Waals surface area contributed by atoms with E-state index < -0.39 is 0 Å². The van der Waals surface area contributed by atoms with Gasteiger partial charge in [-0.3, -0.25) is 9.69 Å². The lowest BCUT2D eigenvalue weighted by molar-refractivity contribution is -0.127. The van der Waals surface area contributed by atoms with Gasteiger partial charge in [-0.2, -0.15) is 0 Å². The number of amides is 1. The van der Waals surface area contributed by atoms with E-state index in [0.29, 0.717) is 5.11 Å². The van der Waals surface area contributed by atoms with Crippen molar-refractivity contribution < 1.29 is 4.79 Å². The Morgan fingerprint density at radius 2 is 2.31 bits per heavy atom. The zero-order valence-corrected chi connectivity index (χ0v) is 7.91. The number of hydrogen-bond donors (Lipinski definition) is 0. The Morgan fingerprint density at radius 1 is 1.54 bits per heavy atom. The average molecular weight is 192 g/mol. The van der Waals surface area contributed by atoms with Crippen molar-refractivity contribution in [1.29, 1.82) is 0 Å². The van der Waals surface area contributed by atoms with Gasteiger partial charge in [0, 0.05) is 7.05 Å². The topological polar surface area (TPSA) is 32.7 Å². The van der Waals surface area contributed by atoms with E-state index in [9.17, 15) is 4.79 Å². The van der Waals surface area contributed by atoms with Gasteiger partial charge < -0.3 is 0 Å². The summed E-state index contributed by atoms with van der Waals surface area (Å²) in [5.41, 5.74) is 0.746. The van der Waals surface area contributed by atoms with E-state index in [4.69, 9.17) is 12.2 Å². The maximum atomic E-state index is 11.6. The molecule has 1 aliphatic heterocycles. The molecule has 1 atom stereocenters. The highest BCUT2D eigenvalue weighted by Crippen LogP contribution is 2.17. The van der Waals surface area contributed by atoms with Crippen molar-refractivity contribution in [1.82, 2.24) is 4.90 Å². The minimum Gasteiger partial charge on any atom is -0.290 e. The van der Waals surface area contributed by atoms with E-state index in [1.807, 2.05) is 24.3 Å². The Hall–Kier alpha value is -1.29. The number of nitrogens with zero attached hydrogens (tertiary/aromatic N) is 2. The van der Waals surface area contributed by atoms with Gasteiger partial charge >= 0.3 is 0 Å². The van der Waals surface area contributed by atoms with E-state index in [1.54, 1.807) is 7.05 Å². The predicted octanol–water partition coefficient (Wildman–Crippen LogP) is 0.926. The van der Waals surface area contributed by atoms with Crippen molar-refractivity contribution in [2.45, 2.75) is 0 Å². The second kappa shape index (κ2) is 2.88. The van der Waals surface area contributed by atoms with Gasteiger partial charge in [-0.15, -0.1) is 0 Å². The number of rotatable bonds is 0. The van der Waals surface area contributed by atoms with Crippen molar-refractivity contribution in [3.63, 3.8) is 0 Å². The first kappa shape index (κ1) is 8.31. The van der Waals surface area contributed by atoms with Crippen LogP contribution in [0.3, 0.4) is 0 Å². The number of aliphatic imine (C=N–C) groups is 1. The van der Waals surface area contributed by atoms with E-state index in [0.717, 1.165) is 5.71 Å². The molecule has 0 spiro atoms. The molecular weight excluding hydrogens is 184 g/mol. The van der Waals surface area contributed by atoms with Gasteiger partial charge in [0.15, 0.2) is 0 Å². The first-order valence-corrected chi connectivity index (χ1v) is 4.36. The fourth-order valence-electron chi connectivity index (χ4n) is 1.34. The maximum absolute atomic E-state index is 11.6. The fraction of sp³-hybridized carbons (Fsp3) is 0.222. The van der Waals surface area contributed by atoms with Gasteiger partial charge in [-0.1, -0.05) is 18.2 Å². The van der Waals surface area contributed by atoms with Crippen LogP contribution in [0.1, 0.15) is 0 Å². The monoisotopic (exact) mass is 192 g/mol. The molecule has 66 valence electrons. The molecule has 0 saturated heterocycles. The highest BCUT2D eigenvalue weighted by Gasteiger charge is 2.30.